The van der Waals surface area contributed by atoms with E-state index in [0.29, 0.717) is 16.3 Å². The fraction of sp³-hybridized carbons (Fsp3) is 0. The van der Waals surface area contributed by atoms with Crippen LogP contribution < -0.4 is 0 Å². The molecule has 0 aliphatic carbocycles. The zero-order valence-electron chi connectivity index (χ0n) is 7.11. The van der Waals surface area contributed by atoms with E-state index in [4.69, 9.17) is 11.6 Å². The zero-order valence-corrected chi connectivity index (χ0v) is 8.68. The maximum absolute atomic E-state index is 11.8. The number of rotatable bonds is 2. The number of carbonyl (C=O) groups excluding carboxylic acids is 1. The summed E-state index contributed by atoms with van der Waals surface area (Å²) in [5.41, 5.74) is 1.26. The van der Waals surface area contributed by atoms with Gasteiger partial charge in [-0.1, -0.05) is 11.6 Å². The molecule has 0 saturated carbocycles. The average molecular weight is 224 g/mol. The second kappa shape index (κ2) is 3.90. The number of nitrogens with zero attached hydrogens (tertiary/aromatic N) is 1. The van der Waals surface area contributed by atoms with E-state index in [2.05, 4.69) is 4.98 Å². The Kier molecular flexibility index (Phi) is 2.61. The molecule has 70 valence electrons. The van der Waals surface area contributed by atoms with E-state index in [0.717, 1.165) is 0 Å². The highest BCUT2D eigenvalue weighted by molar-refractivity contribution is 7.08. The van der Waals surface area contributed by atoms with Gasteiger partial charge in [-0.05, 0) is 23.6 Å². The molecule has 14 heavy (non-hydrogen) atoms. The van der Waals surface area contributed by atoms with Crippen molar-refractivity contribution in [2.75, 3.05) is 0 Å². The van der Waals surface area contributed by atoms with Crippen LogP contribution in [0.15, 0.2) is 35.2 Å². The predicted octanol–water partition coefficient (Wildman–Crippen LogP) is 3.03. The van der Waals surface area contributed by atoms with Crippen LogP contribution in [0.3, 0.4) is 0 Å². The van der Waals surface area contributed by atoms with Gasteiger partial charge in [0, 0.05) is 22.7 Å². The molecule has 2 aromatic heterocycles. The van der Waals surface area contributed by atoms with Gasteiger partial charge in [-0.15, -0.1) is 0 Å². The Morgan fingerprint density at radius 2 is 2.21 bits per heavy atom. The number of hydrogen-bond acceptors (Lipinski definition) is 3. The maximum atomic E-state index is 11.8. The minimum Gasteiger partial charge on any atom is -0.289 e. The van der Waals surface area contributed by atoms with Crippen molar-refractivity contribution in [2.24, 2.45) is 0 Å². The first-order valence-electron chi connectivity index (χ1n) is 3.96. The van der Waals surface area contributed by atoms with Gasteiger partial charge in [0.1, 0.15) is 5.15 Å². The SMILES string of the molecule is O=C(c1ccsc1)c1ccnc(Cl)c1. The maximum Gasteiger partial charge on any atom is 0.194 e. The van der Waals surface area contributed by atoms with Crippen LogP contribution in [0.5, 0.6) is 0 Å². The molecule has 0 spiro atoms. The van der Waals surface area contributed by atoms with Crippen LogP contribution in [0, 0.1) is 0 Å². The number of hydrogen-bond donors (Lipinski definition) is 0. The number of halogens is 1. The monoisotopic (exact) mass is 223 g/mol. The van der Waals surface area contributed by atoms with Crippen LogP contribution in [0.4, 0.5) is 0 Å². The van der Waals surface area contributed by atoms with Crippen molar-refractivity contribution in [3.63, 3.8) is 0 Å². The van der Waals surface area contributed by atoms with E-state index in [9.17, 15) is 4.79 Å². The third-order valence-corrected chi connectivity index (χ3v) is 2.66. The molecule has 0 atom stereocenters. The molecule has 0 saturated heterocycles. The molecule has 0 aliphatic heterocycles. The molecule has 0 aliphatic rings. The van der Waals surface area contributed by atoms with Crippen molar-refractivity contribution >= 4 is 28.7 Å². The molecule has 0 bridgehead atoms. The molecule has 2 rings (SSSR count). The summed E-state index contributed by atoms with van der Waals surface area (Å²) in [6.07, 6.45) is 1.53. The van der Waals surface area contributed by atoms with E-state index in [1.54, 1.807) is 18.2 Å². The standard InChI is InChI=1S/C10H6ClNOS/c11-9-5-7(1-3-12-9)10(13)8-2-4-14-6-8/h1-6H. The molecule has 0 N–H and O–H groups in total. The van der Waals surface area contributed by atoms with Gasteiger partial charge < -0.3 is 0 Å². The molecule has 4 heteroatoms. The predicted molar refractivity (Wildman–Crippen MR) is 57.0 cm³/mol. The topological polar surface area (TPSA) is 30.0 Å². The second-order valence-electron chi connectivity index (χ2n) is 2.71. The van der Waals surface area contributed by atoms with Gasteiger partial charge in [-0.2, -0.15) is 11.3 Å². The molecular weight excluding hydrogens is 218 g/mol. The first-order chi connectivity index (χ1) is 6.77. The van der Waals surface area contributed by atoms with Crippen molar-refractivity contribution in [3.05, 3.63) is 51.4 Å². The number of carbonyl (C=O) groups is 1. The summed E-state index contributed by atoms with van der Waals surface area (Å²) < 4.78 is 0. The van der Waals surface area contributed by atoms with Crippen molar-refractivity contribution in [1.29, 1.82) is 0 Å². The largest absolute Gasteiger partial charge is 0.289 e. The summed E-state index contributed by atoms with van der Waals surface area (Å²) in [6, 6.07) is 5.02. The molecule has 2 heterocycles. The Hall–Kier alpha value is -1.19. The molecule has 0 fully saturated rings. The normalized spacial score (nSPS) is 10.1. The van der Waals surface area contributed by atoms with Gasteiger partial charge in [-0.3, -0.25) is 4.79 Å². The van der Waals surface area contributed by atoms with Gasteiger partial charge in [-0.25, -0.2) is 4.98 Å². The highest BCUT2D eigenvalue weighted by Gasteiger charge is 2.09. The van der Waals surface area contributed by atoms with Crippen LogP contribution in [0.25, 0.3) is 0 Å². The number of ketones is 1. The van der Waals surface area contributed by atoms with Crippen molar-refractivity contribution in [2.45, 2.75) is 0 Å². The minimum absolute atomic E-state index is 0.0180. The summed E-state index contributed by atoms with van der Waals surface area (Å²) in [6.45, 7) is 0. The van der Waals surface area contributed by atoms with Crippen LogP contribution in [0.1, 0.15) is 15.9 Å². The fourth-order valence-corrected chi connectivity index (χ4v) is 1.91. The summed E-state index contributed by atoms with van der Waals surface area (Å²) in [7, 11) is 0. The van der Waals surface area contributed by atoms with E-state index in [1.807, 2.05) is 10.8 Å². The Balaban J connectivity index is 2.37. The average Bonchev–Trinajstić information content (AvgIpc) is 2.69. The third-order valence-electron chi connectivity index (χ3n) is 1.77. The lowest BCUT2D eigenvalue weighted by molar-refractivity contribution is 0.103. The van der Waals surface area contributed by atoms with Gasteiger partial charge >= 0.3 is 0 Å². The first-order valence-corrected chi connectivity index (χ1v) is 5.28. The van der Waals surface area contributed by atoms with Gasteiger partial charge in [0.05, 0.1) is 0 Å². The smallest absolute Gasteiger partial charge is 0.194 e. The van der Waals surface area contributed by atoms with E-state index in [1.165, 1.54) is 17.5 Å². The van der Waals surface area contributed by atoms with Crippen LogP contribution in [-0.4, -0.2) is 10.8 Å². The van der Waals surface area contributed by atoms with E-state index >= 15 is 0 Å². The van der Waals surface area contributed by atoms with E-state index < -0.39 is 0 Å². The summed E-state index contributed by atoms with van der Waals surface area (Å²) >= 11 is 7.19. The molecular formula is C10H6ClNOS. The van der Waals surface area contributed by atoms with Crippen molar-refractivity contribution in [1.82, 2.24) is 4.98 Å². The van der Waals surface area contributed by atoms with Crippen LogP contribution in [0.2, 0.25) is 5.15 Å². The Morgan fingerprint density at radius 1 is 1.36 bits per heavy atom. The molecule has 0 aromatic carbocycles. The van der Waals surface area contributed by atoms with Crippen LogP contribution >= 0.6 is 22.9 Å². The quantitative estimate of drug-likeness (QED) is 0.579. The summed E-state index contributed by atoms with van der Waals surface area (Å²) in [4.78, 5) is 15.6. The lowest BCUT2D eigenvalue weighted by Gasteiger charge is -1.97. The van der Waals surface area contributed by atoms with Crippen molar-refractivity contribution < 1.29 is 4.79 Å². The number of pyridine rings is 1. The van der Waals surface area contributed by atoms with E-state index in [-0.39, 0.29) is 5.78 Å². The highest BCUT2D eigenvalue weighted by Crippen LogP contribution is 2.14. The second-order valence-corrected chi connectivity index (χ2v) is 3.88. The van der Waals surface area contributed by atoms with Gasteiger partial charge in [0.25, 0.3) is 0 Å². The molecule has 0 amide bonds. The Labute approximate surface area is 90.2 Å². The first kappa shape index (κ1) is 9.37. The summed E-state index contributed by atoms with van der Waals surface area (Å²) in [5.74, 6) is -0.0180. The molecule has 2 aromatic rings. The molecule has 2 nitrogen and oxygen atoms in total. The van der Waals surface area contributed by atoms with Gasteiger partial charge in [0.2, 0.25) is 0 Å². The number of thiophene rings is 1. The third kappa shape index (κ3) is 1.84. The molecule has 0 radical (unpaired) electrons. The minimum atomic E-state index is -0.0180. The zero-order chi connectivity index (χ0) is 9.97. The fourth-order valence-electron chi connectivity index (χ4n) is 1.10. The molecule has 0 unspecified atom stereocenters. The van der Waals surface area contributed by atoms with Gasteiger partial charge in [0.15, 0.2) is 5.78 Å². The highest BCUT2D eigenvalue weighted by atomic mass is 35.5. The number of aromatic nitrogens is 1. The lowest BCUT2D eigenvalue weighted by Crippen LogP contribution is -1.99. The summed E-state index contributed by atoms with van der Waals surface area (Å²) in [5, 5.41) is 4.03. The lowest BCUT2D eigenvalue weighted by atomic mass is 10.1. The van der Waals surface area contributed by atoms with Crippen molar-refractivity contribution in [3.8, 4) is 0 Å². The Morgan fingerprint density at radius 3 is 2.86 bits per heavy atom. The van der Waals surface area contributed by atoms with Crippen LogP contribution in [-0.2, 0) is 0 Å². The Bertz CT molecular complexity index is 453.